The van der Waals surface area contributed by atoms with E-state index >= 15 is 0 Å². The van der Waals surface area contributed by atoms with Crippen molar-refractivity contribution in [2.45, 2.75) is 25.4 Å². The molecule has 0 radical (unpaired) electrons. The van der Waals surface area contributed by atoms with Crippen molar-refractivity contribution in [1.82, 2.24) is 10.2 Å². The number of nitrogens with one attached hydrogen (secondary N) is 1. The summed E-state index contributed by atoms with van der Waals surface area (Å²) in [6, 6.07) is 3.55. The summed E-state index contributed by atoms with van der Waals surface area (Å²) in [7, 11) is 0. The van der Waals surface area contributed by atoms with Crippen molar-refractivity contribution in [2.24, 2.45) is 0 Å². The van der Waals surface area contributed by atoms with E-state index in [0.717, 1.165) is 25.1 Å². The molecule has 1 aliphatic heterocycles. The molecule has 1 aromatic rings. The number of nitrogens with zero attached hydrogens (tertiary/aromatic N) is 1. The molecule has 0 spiro atoms. The van der Waals surface area contributed by atoms with Crippen LogP contribution in [0.2, 0.25) is 0 Å². The molecule has 98 valence electrons. The van der Waals surface area contributed by atoms with Crippen molar-refractivity contribution in [2.75, 3.05) is 13.1 Å². The summed E-state index contributed by atoms with van der Waals surface area (Å²) in [5.41, 5.74) is 0. The van der Waals surface area contributed by atoms with Crippen molar-refractivity contribution in [3.05, 3.63) is 35.8 Å². The molecule has 2 heterocycles. The van der Waals surface area contributed by atoms with Gasteiger partial charge in [0.15, 0.2) is 0 Å². The second kappa shape index (κ2) is 6.07. The van der Waals surface area contributed by atoms with Crippen LogP contribution in [0.5, 0.6) is 0 Å². The Hall–Kier alpha value is -1.26. The maximum atomic E-state index is 12.1. The number of hydrogen-bond acceptors (Lipinski definition) is 3. The Morgan fingerprint density at radius 3 is 3.17 bits per heavy atom. The summed E-state index contributed by atoms with van der Waals surface area (Å²) in [6.45, 7) is 5.57. The van der Waals surface area contributed by atoms with Gasteiger partial charge in [-0.2, -0.15) is 0 Å². The van der Waals surface area contributed by atoms with Crippen LogP contribution < -0.4 is 5.32 Å². The lowest BCUT2D eigenvalue weighted by molar-refractivity contribution is -0.125. The van der Waals surface area contributed by atoms with Gasteiger partial charge in [0.25, 0.3) is 0 Å². The fourth-order valence-electron chi connectivity index (χ4n) is 2.24. The normalized spacial score (nSPS) is 19.9. The molecular weight excluding hydrogens is 252 g/mol. The van der Waals surface area contributed by atoms with Crippen LogP contribution in [0.1, 0.15) is 18.6 Å². The van der Waals surface area contributed by atoms with Gasteiger partial charge in [-0.15, -0.1) is 0 Å². The zero-order chi connectivity index (χ0) is 13.0. The standard InChI is InChI=1S/C13H17ClN2O2/c1-10(14)9-16-6-2-5-12(16)13(17)15-8-11-4-3-7-18-11/h3-4,7,12H,1-2,5-6,8-9H2,(H,15,17). The summed E-state index contributed by atoms with van der Waals surface area (Å²) in [5.74, 6) is 0.788. The van der Waals surface area contributed by atoms with Gasteiger partial charge in [-0.05, 0) is 31.5 Å². The lowest BCUT2D eigenvalue weighted by Gasteiger charge is -2.22. The molecule has 0 saturated carbocycles. The molecule has 0 aliphatic carbocycles. The molecule has 2 rings (SSSR count). The Balaban J connectivity index is 1.85. The average molecular weight is 269 g/mol. The van der Waals surface area contributed by atoms with E-state index in [4.69, 9.17) is 16.0 Å². The number of halogens is 1. The van der Waals surface area contributed by atoms with Crippen LogP contribution in [-0.2, 0) is 11.3 Å². The second-order valence-electron chi connectivity index (χ2n) is 4.44. The summed E-state index contributed by atoms with van der Waals surface area (Å²) < 4.78 is 5.17. The van der Waals surface area contributed by atoms with Crippen molar-refractivity contribution in [3.63, 3.8) is 0 Å². The van der Waals surface area contributed by atoms with Gasteiger partial charge in [0.2, 0.25) is 5.91 Å². The minimum atomic E-state index is -0.101. The molecule has 4 nitrogen and oxygen atoms in total. The zero-order valence-electron chi connectivity index (χ0n) is 10.2. The predicted molar refractivity (Wildman–Crippen MR) is 70.1 cm³/mol. The predicted octanol–water partition coefficient (Wildman–Crippen LogP) is 2.11. The highest BCUT2D eigenvalue weighted by Gasteiger charge is 2.30. The molecule has 1 aromatic heterocycles. The molecule has 1 aliphatic rings. The van der Waals surface area contributed by atoms with Gasteiger partial charge in [-0.1, -0.05) is 18.2 Å². The number of furan rings is 1. The number of amides is 1. The van der Waals surface area contributed by atoms with Crippen molar-refractivity contribution >= 4 is 17.5 Å². The Kier molecular flexibility index (Phi) is 4.44. The van der Waals surface area contributed by atoms with E-state index in [1.807, 2.05) is 6.07 Å². The topological polar surface area (TPSA) is 45.5 Å². The summed E-state index contributed by atoms with van der Waals surface area (Å²) >= 11 is 5.80. The lowest BCUT2D eigenvalue weighted by atomic mass is 10.2. The van der Waals surface area contributed by atoms with E-state index in [-0.39, 0.29) is 11.9 Å². The minimum Gasteiger partial charge on any atom is -0.467 e. The third-order valence-corrected chi connectivity index (χ3v) is 3.18. The number of rotatable bonds is 5. The number of carbonyl (C=O) groups excluding carboxylic acids is 1. The summed E-state index contributed by atoms with van der Waals surface area (Å²) in [6.07, 6.45) is 3.48. The van der Waals surface area contributed by atoms with Gasteiger partial charge in [-0.3, -0.25) is 9.69 Å². The van der Waals surface area contributed by atoms with Crippen LogP contribution in [0.3, 0.4) is 0 Å². The molecule has 0 bridgehead atoms. The average Bonchev–Trinajstić information content (AvgIpc) is 2.95. The Morgan fingerprint density at radius 2 is 2.50 bits per heavy atom. The van der Waals surface area contributed by atoms with Crippen LogP contribution in [0.25, 0.3) is 0 Å². The first-order chi connectivity index (χ1) is 8.66. The largest absolute Gasteiger partial charge is 0.467 e. The van der Waals surface area contributed by atoms with Gasteiger partial charge in [0.1, 0.15) is 5.76 Å². The Bertz CT molecular complexity index is 417. The van der Waals surface area contributed by atoms with Crippen LogP contribution in [0, 0.1) is 0 Å². The lowest BCUT2D eigenvalue weighted by Crippen LogP contribution is -2.43. The van der Waals surface area contributed by atoms with Gasteiger partial charge < -0.3 is 9.73 Å². The summed E-state index contributed by atoms with van der Waals surface area (Å²) in [5, 5.41) is 3.45. The quantitative estimate of drug-likeness (QED) is 0.890. The van der Waals surface area contributed by atoms with Gasteiger partial charge in [0, 0.05) is 11.6 Å². The second-order valence-corrected chi connectivity index (χ2v) is 4.98. The molecule has 1 N–H and O–H groups in total. The Morgan fingerprint density at radius 1 is 1.67 bits per heavy atom. The SMILES string of the molecule is C=C(Cl)CN1CCCC1C(=O)NCc1ccco1. The molecule has 1 saturated heterocycles. The van der Waals surface area contributed by atoms with Gasteiger partial charge in [-0.25, -0.2) is 0 Å². The van der Waals surface area contributed by atoms with E-state index in [1.54, 1.807) is 12.3 Å². The monoisotopic (exact) mass is 268 g/mol. The molecule has 0 aromatic carbocycles. The molecule has 1 atom stereocenters. The number of hydrogen-bond donors (Lipinski definition) is 1. The molecule has 1 amide bonds. The highest BCUT2D eigenvalue weighted by Crippen LogP contribution is 2.19. The maximum Gasteiger partial charge on any atom is 0.237 e. The first kappa shape index (κ1) is 13.2. The third kappa shape index (κ3) is 3.37. The highest BCUT2D eigenvalue weighted by molar-refractivity contribution is 6.29. The van der Waals surface area contributed by atoms with E-state index < -0.39 is 0 Å². The first-order valence-electron chi connectivity index (χ1n) is 6.04. The van der Waals surface area contributed by atoms with Crippen LogP contribution in [0.15, 0.2) is 34.4 Å². The smallest absolute Gasteiger partial charge is 0.237 e. The van der Waals surface area contributed by atoms with Crippen LogP contribution >= 0.6 is 11.6 Å². The van der Waals surface area contributed by atoms with E-state index in [2.05, 4.69) is 16.8 Å². The van der Waals surface area contributed by atoms with Crippen molar-refractivity contribution in [1.29, 1.82) is 0 Å². The minimum absolute atomic E-state index is 0.0295. The number of carbonyl (C=O) groups is 1. The van der Waals surface area contributed by atoms with Gasteiger partial charge in [0.05, 0.1) is 18.8 Å². The molecule has 1 fully saturated rings. The van der Waals surface area contributed by atoms with E-state index in [0.29, 0.717) is 18.1 Å². The Labute approximate surface area is 112 Å². The molecular formula is C13H17ClN2O2. The van der Waals surface area contributed by atoms with Crippen LogP contribution in [-0.4, -0.2) is 29.9 Å². The van der Waals surface area contributed by atoms with Gasteiger partial charge >= 0.3 is 0 Å². The van der Waals surface area contributed by atoms with E-state index in [1.165, 1.54) is 0 Å². The zero-order valence-corrected chi connectivity index (χ0v) is 10.9. The summed E-state index contributed by atoms with van der Waals surface area (Å²) in [4.78, 5) is 14.1. The highest BCUT2D eigenvalue weighted by atomic mass is 35.5. The maximum absolute atomic E-state index is 12.1. The molecule has 1 unspecified atom stereocenters. The van der Waals surface area contributed by atoms with E-state index in [9.17, 15) is 4.79 Å². The van der Waals surface area contributed by atoms with Crippen molar-refractivity contribution in [3.8, 4) is 0 Å². The van der Waals surface area contributed by atoms with Crippen molar-refractivity contribution < 1.29 is 9.21 Å². The molecule has 5 heteroatoms. The fraction of sp³-hybridized carbons (Fsp3) is 0.462. The van der Waals surface area contributed by atoms with Crippen LogP contribution in [0.4, 0.5) is 0 Å². The number of likely N-dealkylation sites (tertiary alicyclic amines) is 1. The third-order valence-electron chi connectivity index (χ3n) is 3.06. The fourth-order valence-corrected chi connectivity index (χ4v) is 2.39. The molecule has 18 heavy (non-hydrogen) atoms. The first-order valence-corrected chi connectivity index (χ1v) is 6.42.